The van der Waals surface area contributed by atoms with Crippen molar-refractivity contribution in [1.29, 1.82) is 0 Å². The molecule has 1 amide bonds. The molecule has 6 heteroatoms. The van der Waals surface area contributed by atoms with Crippen LogP contribution in [0.3, 0.4) is 0 Å². The van der Waals surface area contributed by atoms with Crippen LogP contribution in [0.1, 0.15) is 21.6 Å². The molecule has 1 N–H and O–H groups in total. The lowest BCUT2D eigenvalue weighted by Gasteiger charge is -2.12. The first-order valence-electron chi connectivity index (χ1n) is 8.19. The van der Waals surface area contributed by atoms with Crippen LogP contribution < -0.4 is 14.8 Å². The molecule has 3 aromatic rings. The van der Waals surface area contributed by atoms with E-state index in [1.807, 2.05) is 44.2 Å². The monoisotopic (exact) mass is 351 g/mol. The van der Waals surface area contributed by atoms with Crippen LogP contribution in [0, 0.1) is 13.8 Å². The number of methoxy groups -OCH3 is 2. The highest BCUT2D eigenvalue weighted by Gasteiger charge is 2.15. The van der Waals surface area contributed by atoms with Gasteiger partial charge in [-0.05, 0) is 37.6 Å². The van der Waals surface area contributed by atoms with E-state index in [0.29, 0.717) is 22.9 Å². The van der Waals surface area contributed by atoms with Gasteiger partial charge in [-0.3, -0.25) is 4.79 Å². The van der Waals surface area contributed by atoms with E-state index in [1.165, 1.54) is 0 Å². The van der Waals surface area contributed by atoms with E-state index in [1.54, 1.807) is 37.1 Å². The van der Waals surface area contributed by atoms with Crippen LogP contribution in [0.15, 0.2) is 48.5 Å². The summed E-state index contributed by atoms with van der Waals surface area (Å²) >= 11 is 0. The summed E-state index contributed by atoms with van der Waals surface area (Å²) < 4.78 is 12.2. The van der Waals surface area contributed by atoms with Crippen LogP contribution in [0.5, 0.6) is 11.5 Å². The molecule has 3 rings (SSSR count). The fraction of sp³-hybridized carbons (Fsp3) is 0.200. The van der Waals surface area contributed by atoms with E-state index in [2.05, 4.69) is 10.4 Å². The second kappa shape index (κ2) is 7.31. The zero-order valence-corrected chi connectivity index (χ0v) is 15.2. The maximum Gasteiger partial charge on any atom is 0.257 e. The van der Waals surface area contributed by atoms with Gasteiger partial charge in [0, 0.05) is 17.7 Å². The van der Waals surface area contributed by atoms with Crippen molar-refractivity contribution in [3.63, 3.8) is 0 Å². The average molecular weight is 351 g/mol. The van der Waals surface area contributed by atoms with Gasteiger partial charge in [0.1, 0.15) is 17.3 Å². The second-order valence-corrected chi connectivity index (χ2v) is 5.92. The Balaban J connectivity index is 1.95. The predicted molar refractivity (Wildman–Crippen MR) is 101 cm³/mol. The number of hydrogen-bond acceptors (Lipinski definition) is 4. The first-order valence-corrected chi connectivity index (χ1v) is 8.19. The summed E-state index contributed by atoms with van der Waals surface area (Å²) in [6.07, 6.45) is 0. The van der Waals surface area contributed by atoms with Crippen LogP contribution in [0.2, 0.25) is 0 Å². The molecule has 0 aliphatic carbocycles. The smallest absolute Gasteiger partial charge is 0.257 e. The van der Waals surface area contributed by atoms with Gasteiger partial charge in [-0.15, -0.1) is 0 Å². The zero-order valence-electron chi connectivity index (χ0n) is 15.2. The number of anilines is 1. The third kappa shape index (κ3) is 3.54. The van der Waals surface area contributed by atoms with Gasteiger partial charge in [0.05, 0.1) is 25.6 Å². The molecule has 0 radical (unpaired) electrons. The fourth-order valence-electron chi connectivity index (χ4n) is 2.70. The van der Waals surface area contributed by atoms with E-state index in [-0.39, 0.29) is 5.91 Å². The molecule has 0 atom stereocenters. The Morgan fingerprint density at radius 1 is 1.00 bits per heavy atom. The van der Waals surface area contributed by atoms with E-state index >= 15 is 0 Å². The van der Waals surface area contributed by atoms with Crippen molar-refractivity contribution < 1.29 is 14.3 Å². The maximum atomic E-state index is 12.8. The number of amides is 1. The molecule has 0 fully saturated rings. The molecular weight excluding hydrogens is 330 g/mol. The molecule has 0 saturated heterocycles. The average Bonchev–Trinajstić information content (AvgIpc) is 3.01. The lowest BCUT2D eigenvalue weighted by molar-refractivity contribution is 0.102. The molecule has 0 aliphatic rings. The molecule has 0 saturated carbocycles. The summed E-state index contributed by atoms with van der Waals surface area (Å²) in [6, 6.07) is 14.8. The Bertz CT molecular complexity index is 925. The third-order valence-corrected chi connectivity index (χ3v) is 4.03. The van der Waals surface area contributed by atoms with Crippen molar-refractivity contribution in [3.8, 4) is 17.2 Å². The fourth-order valence-corrected chi connectivity index (χ4v) is 2.70. The second-order valence-electron chi connectivity index (χ2n) is 5.92. The van der Waals surface area contributed by atoms with E-state index in [4.69, 9.17) is 9.47 Å². The number of aromatic nitrogens is 2. The number of para-hydroxylation sites is 1. The summed E-state index contributed by atoms with van der Waals surface area (Å²) in [5.41, 5.74) is 3.23. The summed E-state index contributed by atoms with van der Waals surface area (Å²) in [4.78, 5) is 12.8. The van der Waals surface area contributed by atoms with Gasteiger partial charge in [-0.25, -0.2) is 4.68 Å². The first kappa shape index (κ1) is 17.5. The Labute approximate surface area is 152 Å². The van der Waals surface area contributed by atoms with Crippen molar-refractivity contribution in [2.24, 2.45) is 0 Å². The van der Waals surface area contributed by atoms with Gasteiger partial charge in [0.15, 0.2) is 0 Å². The number of carbonyl (C=O) groups is 1. The highest BCUT2D eigenvalue weighted by Crippen LogP contribution is 2.24. The number of nitrogens with zero attached hydrogens (tertiary/aromatic N) is 2. The summed E-state index contributed by atoms with van der Waals surface area (Å²) in [5.74, 6) is 1.44. The first-order chi connectivity index (χ1) is 12.5. The normalized spacial score (nSPS) is 10.5. The van der Waals surface area contributed by atoms with E-state index in [0.717, 1.165) is 16.9 Å². The highest BCUT2D eigenvalue weighted by molar-refractivity contribution is 6.04. The molecule has 0 unspecified atom stereocenters. The lowest BCUT2D eigenvalue weighted by atomic mass is 10.2. The SMILES string of the molecule is COc1cc(OC)cc(C(=O)Nc2cc(C)nn2-c2ccccc2C)c1. The van der Waals surface area contributed by atoms with Crippen molar-refractivity contribution >= 4 is 11.7 Å². The molecule has 134 valence electrons. The zero-order chi connectivity index (χ0) is 18.7. The van der Waals surface area contributed by atoms with Crippen molar-refractivity contribution in [2.75, 3.05) is 19.5 Å². The maximum absolute atomic E-state index is 12.8. The number of carbonyl (C=O) groups excluding carboxylic acids is 1. The van der Waals surface area contributed by atoms with Crippen LogP contribution in [0.25, 0.3) is 5.69 Å². The summed E-state index contributed by atoms with van der Waals surface area (Å²) in [7, 11) is 3.10. The summed E-state index contributed by atoms with van der Waals surface area (Å²) in [5, 5.41) is 7.43. The molecule has 26 heavy (non-hydrogen) atoms. The number of benzene rings is 2. The van der Waals surface area contributed by atoms with Crippen LogP contribution in [-0.2, 0) is 0 Å². The van der Waals surface area contributed by atoms with Gasteiger partial charge in [0.25, 0.3) is 5.91 Å². The van der Waals surface area contributed by atoms with E-state index < -0.39 is 0 Å². The molecule has 0 bridgehead atoms. The van der Waals surface area contributed by atoms with Crippen molar-refractivity contribution in [1.82, 2.24) is 9.78 Å². The quantitative estimate of drug-likeness (QED) is 0.760. The number of hydrogen-bond donors (Lipinski definition) is 1. The van der Waals surface area contributed by atoms with E-state index in [9.17, 15) is 4.79 Å². The number of aryl methyl sites for hydroxylation is 2. The van der Waals surface area contributed by atoms with Crippen LogP contribution in [0.4, 0.5) is 5.82 Å². The molecule has 1 aromatic heterocycles. The van der Waals surface area contributed by atoms with Gasteiger partial charge >= 0.3 is 0 Å². The van der Waals surface area contributed by atoms with Gasteiger partial charge in [0.2, 0.25) is 0 Å². The largest absolute Gasteiger partial charge is 0.497 e. The Kier molecular flexibility index (Phi) is 4.93. The van der Waals surface area contributed by atoms with Crippen LogP contribution in [-0.4, -0.2) is 29.9 Å². The van der Waals surface area contributed by atoms with Crippen LogP contribution >= 0.6 is 0 Å². The minimum absolute atomic E-state index is 0.267. The summed E-state index contributed by atoms with van der Waals surface area (Å²) in [6.45, 7) is 3.89. The molecular formula is C20H21N3O3. The molecule has 6 nitrogen and oxygen atoms in total. The third-order valence-electron chi connectivity index (χ3n) is 4.03. The Morgan fingerprint density at radius 3 is 2.27 bits per heavy atom. The van der Waals surface area contributed by atoms with Crippen molar-refractivity contribution in [2.45, 2.75) is 13.8 Å². The topological polar surface area (TPSA) is 65.4 Å². The van der Waals surface area contributed by atoms with Gasteiger partial charge in [-0.1, -0.05) is 18.2 Å². The van der Waals surface area contributed by atoms with Crippen molar-refractivity contribution in [3.05, 3.63) is 65.4 Å². The molecule has 0 spiro atoms. The number of nitrogens with one attached hydrogen (secondary N) is 1. The van der Waals surface area contributed by atoms with Gasteiger partial charge in [-0.2, -0.15) is 5.10 Å². The standard InChI is InChI=1S/C20H21N3O3/c1-13-7-5-6-8-18(13)23-19(9-14(2)22-23)21-20(24)15-10-16(25-3)12-17(11-15)26-4/h5-12H,1-4H3,(H,21,24). The lowest BCUT2D eigenvalue weighted by Crippen LogP contribution is -2.15. The highest BCUT2D eigenvalue weighted by atomic mass is 16.5. The number of rotatable bonds is 5. The molecule has 2 aromatic carbocycles. The van der Waals surface area contributed by atoms with Gasteiger partial charge < -0.3 is 14.8 Å². The minimum atomic E-state index is -0.267. The molecule has 0 aliphatic heterocycles. The molecule has 1 heterocycles. The minimum Gasteiger partial charge on any atom is -0.497 e. The predicted octanol–water partition coefficient (Wildman–Crippen LogP) is 3.76. The Morgan fingerprint density at radius 2 is 1.65 bits per heavy atom. The Hall–Kier alpha value is -3.28. The number of ether oxygens (including phenoxy) is 2.